The number of carboxylic acids is 1. The Morgan fingerprint density at radius 2 is 2.06 bits per heavy atom. The first-order valence-electron chi connectivity index (χ1n) is 5.51. The molecule has 6 heteroatoms. The molecule has 0 radical (unpaired) electrons. The van der Waals surface area contributed by atoms with Crippen molar-refractivity contribution in [2.24, 2.45) is 0 Å². The highest BCUT2D eigenvalue weighted by Gasteiger charge is 2.12. The molecule has 0 heterocycles. The Hall–Kier alpha value is -2.11. The van der Waals surface area contributed by atoms with Crippen molar-refractivity contribution in [1.29, 1.82) is 0 Å². The third-order valence-corrected chi connectivity index (χ3v) is 2.34. The molecule has 3 N–H and O–H groups in total. The lowest BCUT2D eigenvalue weighted by Crippen LogP contribution is -2.38. The van der Waals surface area contributed by atoms with Crippen LogP contribution in [0.3, 0.4) is 0 Å². The summed E-state index contributed by atoms with van der Waals surface area (Å²) in [5, 5.41) is 13.3. The molecule has 0 fully saturated rings. The van der Waals surface area contributed by atoms with E-state index in [9.17, 15) is 14.0 Å². The Morgan fingerprint density at radius 3 is 2.67 bits per heavy atom. The van der Waals surface area contributed by atoms with Gasteiger partial charge in [0.25, 0.3) is 0 Å². The summed E-state index contributed by atoms with van der Waals surface area (Å²) in [6.07, 6.45) is -0.151. The molecule has 18 heavy (non-hydrogen) atoms. The van der Waals surface area contributed by atoms with Gasteiger partial charge in [0, 0.05) is 12.1 Å². The SMILES string of the molecule is CC(NC(=O)NCCC(=O)O)c1ccccc1F. The lowest BCUT2D eigenvalue weighted by Gasteiger charge is -2.15. The van der Waals surface area contributed by atoms with Crippen molar-refractivity contribution < 1.29 is 19.1 Å². The van der Waals surface area contributed by atoms with E-state index in [0.717, 1.165) is 0 Å². The summed E-state index contributed by atoms with van der Waals surface area (Å²) in [7, 11) is 0. The summed E-state index contributed by atoms with van der Waals surface area (Å²) in [6, 6.07) is 5.13. The van der Waals surface area contributed by atoms with E-state index in [4.69, 9.17) is 5.11 Å². The smallest absolute Gasteiger partial charge is 0.315 e. The number of hydrogen-bond acceptors (Lipinski definition) is 2. The minimum absolute atomic E-state index is 0.0329. The van der Waals surface area contributed by atoms with Gasteiger partial charge in [0.2, 0.25) is 0 Å². The number of amides is 2. The molecule has 5 nitrogen and oxygen atoms in total. The molecule has 0 aromatic heterocycles. The number of rotatable bonds is 5. The van der Waals surface area contributed by atoms with Crippen molar-refractivity contribution in [1.82, 2.24) is 10.6 Å². The maximum Gasteiger partial charge on any atom is 0.315 e. The molecule has 0 bridgehead atoms. The van der Waals surface area contributed by atoms with E-state index in [1.54, 1.807) is 25.1 Å². The van der Waals surface area contributed by atoms with E-state index in [1.807, 2.05) is 0 Å². The van der Waals surface area contributed by atoms with Crippen LogP contribution in [0.2, 0.25) is 0 Å². The molecule has 0 saturated carbocycles. The maximum absolute atomic E-state index is 13.4. The van der Waals surface area contributed by atoms with Gasteiger partial charge in [-0.25, -0.2) is 9.18 Å². The van der Waals surface area contributed by atoms with E-state index in [-0.39, 0.29) is 13.0 Å². The molecule has 1 unspecified atom stereocenters. The Labute approximate surface area is 104 Å². The van der Waals surface area contributed by atoms with Gasteiger partial charge in [0.15, 0.2) is 0 Å². The molecule has 1 aromatic rings. The predicted molar refractivity (Wildman–Crippen MR) is 63.6 cm³/mol. The van der Waals surface area contributed by atoms with Gasteiger partial charge in [-0.3, -0.25) is 4.79 Å². The number of carbonyl (C=O) groups excluding carboxylic acids is 1. The third kappa shape index (κ3) is 4.40. The Balaban J connectivity index is 2.45. The highest BCUT2D eigenvalue weighted by Crippen LogP contribution is 2.15. The van der Waals surface area contributed by atoms with Gasteiger partial charge in [-0.2, -0.15) is 0 Å². The van der Waals surface area contributed by atoms with Gasteiger partial charge in [-0.1, -0.05) is 18.2 Å². The monoisotopic (exact) mass is 254 g/mol. The Morgan fingerprint density at radius 1 is 1.39 bits per heavy atom. The number of halogens is 1. The fourth-order valence-corrected chi connectivity index (χ4v) is 1.43. The molecule has 0 spiro atoms. The van der Waals surface area contributed by atoms with Crippen LogP contribution in [0, 0.1) is 5.82 Å². The molecule has 0 aliphatic heterocycles. The van der Waals surface area contributed by atoms with E-state index < -0.39 is 23.9 Å². The predicted octanol–water partition coefficient (Wildman–Crippen LogP) is 1.66. The van der Waals surface area contributed by atoms with Crippen LogP contribution in [0.15, 0.2) is 24.3 Å². The van der Waals surface area contributed by atoms with Gasteiger partial charge < -0.3 is 15.7 Å². The quantitative estimate of drug-likeness (QED) is 0.747. The first-order valence-corrected chi connectivity index (χ1v) is 5.51. The minimum atomic E-state index is -0.988. The van der Waals surface area contributed by atoms with Crippen molar-refractivity contribution in [2.75, 3.05) is 6.54 Å². The van der Waals surface area contributed by atoms with Crippen molar-refractivity contribution in [2.45, 2.75) is 19.4 Å². The van der Waals surface area contributed by atoms with Gasteiger partial charge in [-0.05, 0) is 13.0 Å². The van der Waals surface area contributed by atoms with Crippen LogP contribution in [-0.4, -0.2) is 23.7 Å². The molecule has 0 aliphatic rings. The van der Waals surface area contributed by atoms with Crippen LogP contribution in [-0.2, 0) is 4.79 Å². The molecule has 1 atom stereocenters. The lowest BCUT2D eigenvalue weighted by atomic mass is 10.1. The third-order valence-electron chi connectivity index (χ3n) is 2.34. The van der Waals surface area contributed by atoms with Crippen LogP contribution in [0.4, 0.5) is 9.18 Å². The maximum atomic E-state index is 13.4. The van der Waals surface area contributed by atoms with Gasteiger partial charge in [0.1, 0.15) is 5.82 Å². The van der Waals surface area contributed by atoms with Crippen LogP contribution in [0.1, 0.15) is 24.9 Å². The highest BCUT2D eigenvalue weighted by atomic mass is 19.1. The molecule has 0 aliphatic carbocycles. The Bertz CT molecular complexity index is 437. The van der Waals surface area contributed by atoms with Crippen molar-refractivity contribution in [3.63, 3.8) is 0 Å². The average molecular weight is 254 g/mol. The molecule has 98 valence electrons. The summed E-state index contributed by atoms with van der Waals surface area (Å²) in [6.45, 7) is 1.68. The normalized spacial score (nSPS) is 11.7. The molecule has 2 amide bonds. The minimum Gasteiger partial charge on any atom is -0.481 e. The van der Waals surface area contributed by atoms with Gasteiger partial charge in [-0.15, -0.1) is 0 Å². The van der Waals surface area contributed by atoms with E-state index in [1.165, 1.54) is 6.07 Å². The van der Waals surface area contributed by atoms with Crippen molar-refractivity contribution in [3.05, 3.63) is 35.6 Å². The Kier molecular flexibility index (Phi) is 5.10. The largest absolute Gasteiger partial charge is 0.481 e. The van der Waals surface area contributed by atoms with Crippen LogP contribution >= 0.6 is 0 Å². The average Bonchev–Trinajstić information content (AvgIpc) is 2.28. The molecular formula is C12H15FN2O3. The van der Waals surface area contributed by atoms with E-state index in [0.29, 0.717) is 5.56 Å². The van der Waals surface area contributed by atoms with E-state index >= 15 is 0 Å². The standard InChI is InChI=1S/C12H15FN2O3/c1-8(9-4-2-3-5-10(9)13)15-12(18)14-7-6-11(16)17/h2-5,8H,6-7H2,1H3,(H,16,17)(H2,14,15,18). The van der Waals surface area contributed by atoms with Crippen LogP contribution in [0.5, 0.6) is 0 Å². The van der Waals surface area contributed by atoms with Crippen LogP contribution in [0.25, 0.3) is 0 Å². The second-order valence-electron chi connectivity index (χ2n) is 3.79. The number of hydrogen-bond donors (Lipinski definition) is 3. The molecule has 1 aromatic carbocycles. The highest BCUT2D eigenvalue weighted by molar-refractivity contribution is 5.75. The number of aliphatic carboxylic acids is 1. The van der Waals surface area contributed by atoms with Crippen molar-refractivity contribution >= 4 is 12.0 Å². The summed E-state index contributed by atoms with van der Waals surface area (Å²) in [5.41, 5.74) is 0.380. The molecule has 0 saturated heterocycles. The number of carbonyl (C=O) groups is 2. The summed E-state index contributed by atoms with van der Waals surface area (Å²) < 4.78 is 13.4. The van der Waals surface area contributed by atoms with Crippen molar-refractivity contribution in [3.8, 4) is 0 Å². The number of carboxylic acid groups (broad SMARTS) is 1. The van der Waals surface area contributed by atoms with Crippen LogP contribution < -0.4 is 10.6 Å². The fourth-order valence-electron chi connectivity index (χ4n) is 1.43. The summed E-state index contributed by atoms with van der Waals surface area (Å²) in [4.78, 5) is 21.6. The zero-order valence-corrected chi connectivity index (χ0v) is 9.94. The van der Waals surface area contributed by atoms with Gasteiger partial charge >= 0.3 is 12.0 Å². The van der Waals surface area contributed by atoms with Gasteiger partial charge in [0.05, 0.1) is 12.5 Å². The second-order valence-corrected chi connectivity index (χ2v) is 3.79. The summed E-state index contributed by atoms with van der Waals surface area (Å²) >= 11 is 0. The summed E-state index contributed by atoms with van der Waals surface area (Å²) in [5.74, 6) is -1.38. The molecular weight excluding hydrogens is 239 g/mol. The first kappa shape index (κ1) is 14.0. The zero-order chi connectivity index (χ0) is 13.5. The second kappa shape index (κ2) is 6.58. The molecule has 1 rings (SSSR count). The number of benzene rings is 1. The number of nitrogens with one attached hydrogen (secondary N) is 2. The van der Waals surface area contributed by atoms with E-state index in [2.05, 4.69) is 10.6 Å². The first-order chi connectivity index (χ1) is 8.50. The lowest BCUT2D eigenvalue weighted by molar-refractivity contribution is -0.136. The topological polar surface area (TPSA) is 78.4 Å². The zero-order valence-electron chi connectivity index (χ0n) is 9.94. The number of urea groups is 1. The fraction of sp³-hybridized carbons (Fsp3) is 0.333.